The zero-order valence-electron chi connectivity index (χ0n) is 20.7. The van der Waals surface area contributed by atoms with Gasteiger partial charge in [-0.25, -0.2) is 0 Å². The molecule has 2 aromatic rings. The van der Waals surface area contributed by atoms with Gasteiger partial charge in [-0.3, -0.25) is 0 Å². The van der Waals surface area contributed by atoms with E-state index in [-0.39, 0.29) is 0 Å². The zero-order chi connectivity index (χ0) is 24.9. The molecule has 2 saturated carbocycles. The summed E-state index contributed by atoms with van der Waals surface area (Å²) < 4.78 is 11.4. The molecule has 2 aliphatic carbocycles. The summed E-state index contributed by atoms with van der Waals surface area (Å²) in [6, 6.07) is 8.31. The Balaban J connectivity index is 1.79. The van der Waals surface area contributed by atoms with Gasteiger partial charge in [0.2, 0.25) is 0 Å². The molecule has 2 fully saturated rings. The predicted molar refractivity (Wildman–Crippen MR) is 141 cm³/mol. The Morgan fingerprint density at radius 3 is 1.34 bits per heavy atom. The molecule has 8 heteroatoms. The van der Waals surface area contributed by atoms with Crippen LogP contribution >= 0.6 is 17.2 Å². The van der Waals surface area contributed by atoms with Gasteiger partial charge < -0.3 is 28.6 Å². The van der Waals surface area contributed by atoms with Crippen LogP contribution in [0.1, 0.15) is 109 Å². The summed E-state index contributed by atoms with van der Waals surface area (Å²) in [5.41, 5.74) is 6.02. The average Bonchev–Trinajstić information content (AvgIpc) is 2.82. The van der Waals surface area contributed by atoms with Gasteiger partial charge in [0.25, 0.3) is 0 Å². The van der Waals surface area contributed by atoms with E-state index in [9.17, 15) is 19.6 Å². The Morgan fingerprint density at radius 2 is 1.00 bits per heavy atom. The van der Waals surface area contributed by atoms with Crippen LogP contribution in [0.4, 0.5) is 0 Å². The second-order valence-electron chi connectivity index (χ2n) is 10.2. The molecular formula is C27H38O6P2. The largest absolute Gasteiger partial charge is 0.426 e. The first kappa shape index (κ1) is 26.8. The molecule has 0 unspecified atom stereocenters. The minimum atomic E-state index is -2.57. The molecule has 0 amide bonds. The molecule has 35 heavy (non-hydrogen) atoms. The van der Waals surface area contributed by atoms with Crippen LogP contribution in [-0.4, -0.2) is 19.6 Å². The summed E-state index contributed by atoms with van der Waals surface area (Å²) in [4.78, 5) is 39.3. The lowest BCUT2D eigenvalue weighted by Crippen LogP contribution is -2.10. The van der Waals surface area contributed by atoms with E-state index in [1.807, 2.05) is 12.1 Å². The highest BCUT2D eigenvalue weighted by atomic mass is 31.2. The van der Waals surface area contributed by atoms with Crippen molar-refractivity contribution in [2.24, 2.45) is 0 Å². The number of hydrogen-bond donors (Lipinski definition) is 4. The van der Waals surface area contributed by atoms with Crippen LogP contribution in [0.15, 0.2) is 24.3 Å². The van der Waals surface area contributed by atoms with Gasteiger partial charge in [0, 0.05) is 6.42 Å². The van der Waals surface area contributed by atoms with E-state index in [0.717, 1.165) is 84.7 Å². The third-order valence-corrected chi connectivity index (χ3v) is 8.19. The van der Waals surface area contributed by atoms with Crippen LogP contribution < -0.4 is 9.05 Å². The molecule has 0 atom stereocenters. The fraction of sp³-hybridized carbons (Fsp3) is 0.556. The van der Waals surface area contributed by atoms with Crippen molar-refractivity contribution in [3.05, 3.63) is 57.6 Å². The van der Waals surface area contributed by atoms with Gasteiger partial charge >= 0.3 is 17.2 Å². The van der Waals surface area contributed by atoms with E-state index in [1.54, 1.807) is 0 Å². The fourth-order valence-corrected chi connectivity index (χ4v) is 6.82. The molecule has 0 radical (unpaired) electrons. The normalized spacial score (nSPS) is 17.8. The van der Waals surface area contributed by atoms with Gasteiger partial charge in [0.1, 0.15) is 11.5 Å². The van der Waals surface area contributed by atoms with E-state index in [2.05, 4.69) is 26.0 Å². The molecular weight excluding hydrogens is 482 g/mol. The summed E-state index contributed by atoms with van der Waals surface area (Å²) in [7, 11) is -5.13. The Kier molecular flexibility index (Phi) is 9.43. The van der Waals surface area contributed by atoms with E-state index < -0.39 is 17.2 Å². The molecule has 2 aliphatic rings. The van der Waals surface area contributed by atoms with Crippen LogP contribution in [0.25, 0.3) is 0 Å². The van der Waals surface area contributed by atoms with Crippen molar-refractivity contribution in [3.63, 3.8) is 0 Å². The van der Waals surface area contributed by atoms with Crippen molar-refractivity contribution >= 4 is 17.2 Å². The molecule has 4 N–H and O–H groups in total. The maximum atomic E-state index is 9.83. The third-order valence-electron chi connectivity index (χ3n) is 7.49. The number of benzene rings is 2. The molecule has 0 bridgehead atoms. The SMILES string of the molecule is Cc1cc(Cc2cc(C)cc(C3CCCCC3)c2OP(O)O)c(OP(O)O)c(C2CCCCC2)c1. The highest BCUT2D eigenvalue weighted by molar-refractivity contribution is 7.40. The Labute approximate surface area is 211 Å². The van der Waals surface area contributed by atoms with Crippen molar-refractivity contribution < 1.29 is 28.6 Å². The van der Waals surface area contributed by atoms with Crippen LogP contribution in [-0.2, 0) is 6.42 Å². The summed E-state index contributed by atoms with van der Waals surface area (Å²) in [6.45, 7) is 4.12. The van der Waals surface area contributed by atoms with Gasteiger partial charge in [-0.2, -0.15) is 0 Å². The summed E-state index contributed by atoms with van der Waals surface area (Å²) >= 11 is 0. The molecule has 0 saturated heterocycles. The second-order valence-corrected chi connectivity index (χ2v) is 11.6. The Bertz CT molecular complexity index is 918. The lowest BCUT2D eigenvalue weighted by molar-refractivity contribution is 0.365. The number of hydrogen-bond acceptors (Lipinski definition) is 6. The molecule has 0 aromatic heterocycles. The molecule has 192 valence electrons. The quantitative estimate of drug-likeness (QED) is 0.276. The molecule has 0 spiro atoms. The lowest BCUT2D eigenvalue weighted by Gasteiger charge is -2.28. The van der Waals surface area contributed by atoms with Crippen LogP contribution in [0.2, 0.25) is 0 Å². The molecule has 0 heterocycles. The highest BCUT2D eigenvalue weighted by Crippen LogP contribution is 2.47. The average molecular weight is 521 g/mol. The van der Waals surface area contributed by atoms with Crippen molar-refractivity contribution in [3.8, 4) is 11.5 Å². The van der Waals surface area contributed by atoms with E-state index in [4.69, 9.17) is 9.05 Å². The topological polar surface area (TPSA) is 99.4 Å². The van der Waals surface area contributed by atoms with E-state index >= 15 is 0 Å². The van der Waals surface area contributed by atoms with E-state index in [1.165, 1.54) is 12.8 Å². The number of rotatable bonds is 8. The monoisotopic (exact) mass is 520 g/mol. The number of aryl methyl sites for hydroxylation is 2. The maximum absolute atomic E-state index is 9.83. The summed E-state index contributed by atoms with van der Waals surface area (Å²) in [6.07, 6.45) is 11.8. The minimum Gasteiger partial charge on any atom is -0.426 e. The van der Waals surface area contributed by atoms with Crippen LogP contribution in [0, 0.1) is 13.8 Å². The highest BCUT2D eigenvalue weighted by Gasteiger charge is 2.27. The first-order chi connectivity index (χ1) is 16.8. The second kappa shape index (κ2) is 12.3. The van der Waals surface area contributed by atoms with E-state index in [0.29, 0.717) is 29.8 Å². The van der Waals surface area contributed by atoms with Crippen molar-refractivity contribution in [2.75, 3.05) is 0 Å². The van der Waals surface area contributed by atoms with Gasteiger partial charge in [-0.05, 0) is 73.6 Å². The van der Waals surface area contributed by atoms with Crippen molar-refractivity contribution in [1.29, 1.82) is 0 Å². The van der Waals surface area contributed by atoms with Crippen molar-refractivity contribution in [1.82, 2.24) is 0 Å². The third kappa shape index (κ3) is 6.95. The van der Waals surface area contributed by atoms with Gasteiger partial charge in [0.05, 0.1) is 0 Å². The van der Waals surface area contributed by atoms with Gasteiger partial charge in [-0.1, -0.05) is 73.9 Å². The first-order valence-electron chi connectivity index (χ1n) is 12.8. The lowest BCUT2D eigenvalue weighted by atomic mass is 9.80. The maximum Gasteiger partial charge on any atom is 0.391 e. The Morgan fingerprint density at radius 1 is 0.629 bits per heavy atom. The summed E-state index contributed by atoms with van der Waals surface area (Å²) in [5.74, 6) is 1.78. The van der Waals surface area contributed by atoms with Crippen LogP contribution in [0.5, 0.6) is 11.5 Å². The standard InChI is InChI=1S/C27H38O6P2/c1-18-13-22(26(32-34(28)29)24(15-18)20-9-5-3-6-10-20)17-23-14-19(2)16-25(27(23)33-35(30)31)21-11-7-4-8-12-21/h13-16,20-21,28-31H,3-12,17H2,1-2H3. The molecule has 6 nitrogen and oxygen atoms in total. The van der Waals surface area contributed by atoms with Crippen molar-refractivity contribution in [2.45, 2.75) is 96.3 Å². The summed E-state index contributed by atoms with van der Waals surface area (Å²) in [5, 5.41) is 0. The predicted octanol–water partition coefficient (Wildman–Crippen LogP) is 7.17. The molecule has 2 aromatic carbocycles. The minimum absolute atomic E-state index is 0.334. The smallest absolute Gasteiger partial charge is 0.391 e. The first-order valence-corrected chi connectivity index (χ1v) is 15.1. The Hall–Kier alpha value is -1.26. The zero-order valence-corrected chi connectivity index (χ0v) is 22.5. The fourth-order valence-electron chi connectivity index (χ4n) is 6.04. The van der Waals surface area contributed by atoms with Gasteiger partial charge in [0.15, 0.2) is 0 Å². The molecule has 0 aliphatic heterocycles. The van der Waals surface area contributed by atoms with Gasteiger partial charge in [-0.15, -0.1) is 0 Å². The van der Waals surface area contributed by atoms with Crippen LogP contribution in [0.3, 0.4) is 0 Å². The molecule has 4 rings (SSSR count).